The summed E-state index contributed by atoms with van der Waals surface area (Å²) in [4.78, 5) is 13.4. The standard InChI is InChI=1S/C13H19BrN4/c1-5-9(6-2)18-11(8(3)4)16-10-7-15-13(14)17-12(10)18/h7-9H,5-6H2,1-4H3. The molecule has 2 rings (SSSR count). The molecule has 0 bridgehead atoms. The van der Waals surface area contributed by atoms with Gasteiger partial charge in [0.2, 0.25) is 0 Å². The van der Waals surface area contributed by atoms with Crippen LogP contribution in [-0.4, -0.2) is 19.5 Å². The molecule has 0 aliphatic heterocycles. The van der Waals surface area contributed by atoms with Crippen LogP contribution >= 0.6 is 15.9 Å². The third kappa shape index (κ3) is 2.28. The Morgan fingerprint density at radius 3 is 2.44 bits per heavy atom. The lowest BCUT2D eigenvalue weighted by atomic mass is 10.1. The average Bonchev–Trinajstić information content (AvgIpc) is 2.70. The predicted octanol–water partition coefficient (Wildman–Crippen LogP) is 4.07. The molecule has 2 aromatic rings. The first-order chi connectivity index (χ1) is 8.58. The van der Waals surface area contributed by atoms with E-state index in [1.54, 1.807) is 6.20 Å². The van der Waals surface area contributed by atoms with Gasteiger partial charge in [0.1, 0.15) is 11.3 Å². The van der Waals surface area contributed by atoms with Gasteiger partial charge in [-0.05, 0) is 28.8 Å². The van der Waals surface area contributed by atoms with Gasteiger partial charge in [-0.1, -0.05) is 27.7 Å². The molecule has 0 saturated carbocycles. The monoisotopic (exact) mass is 310 g/mol. The summed E-state index contributed by atoms with van der Waals surface area (Å²) < 4.78 is 2.91. The van der Waals surface area contributed by atoms with Gasteiger partial charge in [-0.15, -0.1) is 0 Å². The summed E-state index contributed by atoms with van der Waals surface area (Å²) in [5.41, 5.74) is 1.82. The van der Waals surface area contributed by atoms with Crippen molar-refractivity contribution >= 4 is 27.1 Å². The van der Waals surface area contributed by atoms with E-state index in [4.69, 9.17) is 0 Å². The minimum Gasteiger partial charge on any atom is -0.309 e. The molecular weight excluding hydrogens is 292 g/mol. The van der Waals surface area contributed by atoms with Crippen LogP contribution < -0.4 is 0 Å². The third-order valence-corrected chi connectivity index (χ3v) is 3.64. The van der Waals surface area contributed by atoms with E-state index in [1.807, 2.05) is 0 Å². The van der Waals surface area contributed by atoms with Crippen LogP contribution in [0.25, 0.3) is 11.2 Å². The molecule has 0 aliphatic carbocycles. The molecule has 0 fully saturated rings. The molecule has 0 amide bonds. The highest BCUT2D eigenvalue weighted by atomic mass is 79.9. The summed E-state index contributed by atoms with van der Waals surface area (Å²) in [6.45, 7) is 8.76. The highest BCUT2D eigenvalue weighted by Crippen LogP contribution is 2.28. The first-order valence-electron chi connectivity index (χ1n) is 6.48. The Kier molecular flexibility index (Phi) is 4.00. The lowest BCUT2D eigenvalue weighted by Gasteiger charge is -2.19. The zero-order chi connectivity index (χ0) is 13.3. The van der Waals surface area contributed by atoms with Gasteiger partial charge >= 0.3 is 0 Å². The minimum atomic E-state index is 0.388. The van der Waals surface area contributed by atoms with Crippen LogP contribution in [0.1, 0.15) is 58.3 Å². The first-order valence-corrected chi connectivity index (χ1v) is 7.28. The van der Waals surface area contributed by atoms with Gasteiger partial charge in [0.05, 0.1) is 6.20 Å². The van der Waals surface area contributed by atoms with Crippen molar-refractivity contribution in [2.45, 2.75) is 52.5 Å². The summed E-state index contributed by atoms with van der Waals surface area (Å²) in [5.74, 6) is 1.49. The van der Waals surface area contributed by atoms with Crippen LogP contribution in [0.15, 0.2) is 10.9 Å². The molecule has 18 heavy (non-hydrogen) atoms. The highest BCUT2D eigenvalue weighted by Gasteiger charge is 2.20. The second-order valence-corrected chi connectivity index (χ2v) is 5.52. The van der Waals surface area contributed by atoms with Gasteiger partial charge in [-0.3, -0.25) is 0 Å². The van der Waals surface area contributed by atoms with Crippen molar-refractivity contribution in [3.63, 3.8) is 0 Å². The summed E-state index contributed by atoms with van der Waals surface area (Å²) in [5, 5.41) is 0. The molecule has 0 spiro atoms. The first kappa shape index (κ1) is 13.5. The summed E-state index contributed by atoms with van der Waals surface area (Å²) in [6.07, 6.45) is 3.96. The van der Waals surface area contributed by atoms with E-state index in [-0.39, 0.29) is 0 Å². The SMILES string of the molecule is CCC(CC)n1c(C(C)C)nc2cnc(Br)nc21. The number of hydrogen-bond donors (Lipinski definition) is 0. The van der Waals surface area contributed by atoms with Gasteiger partial charge in [0.25, 0.3) is 0 Å². The molecule has 0 radical (unpaired) electrons. The Morgan fingerprint density at radius 1 is 1.22 bits per heavy atom. The van der Waals surface area contributed by atoms with Crippen molar-refractivity contribution in [1.29, 1.82) is 0 Å². The molecule has 98 valence electrons. The molecule has 0 unspecified atom stereocenters. The van der Waals surface area contributed by atoms with E-state index in [0.29, 0.717) is 16.7 Å². The van der Waals surface area contributed by atoms with E-state index in [2.05, 4.69) is 63.1 Å². The normalized spacial score (nSPS) is 11.9. The van der Waals surface area contributed by atoms with Gasteiger partial charge < -0.3 is 4.57 Å². The average molecular weight is 311 g/mol. The summed E-state index contributed by atoms with van der Waals surface area (Å²) >= 11 is 3.34. The quantitative estimate of drug-likeness (QED) is 0.799. The smallest absolute Gasteiger partial charge is 0.198 e. The van der Waals surface area contributed by atoms with Crippen LogP contribution in [0.3, 0.4) is 0 Å². The van der Waals surface area contributed by atoms with Gasteiger partial charge in [-0.2, -0.15) is 0 Å². The molecule has 0 N–H and O–H groups in total. The van der Waals surface area contributed by atoms with Crippen molar-refractivity contribution in [2.24, 2.45) is 0 Å². The molecule has 0 atom stereocenters. The molecule has 2 aromatic heterocycles. The Balaban J connectivity index is 2.71. The molecule has 5 heteroatoms. The van der Waals surface area contributed by atoms with E-state index >= 15 is 0 Å². The third-order valence-electron chi connectivity index (χ3n) is 3.25. The lowest BCUT2D eigenvalue weighted by Crippen LogP contribution is -2.12. The molecular formula is C13H19BrN4. The van der Waals surface area contributed by atoms with Crippen LogP contribution in [0.4, 0.5) is 0 Å². The van der Waals surface area contributed by atoms with Crippen molar-refractivity contribution in [1.82, 2.24) is 19.5 Å². The summed E-state index contributed by atoms with van der Waals surface area (Å²) in [6, 6.07) is 0.453. The maximum absolute atomic E-state index is 4.69. The Bertz CT molecular complexity index is 543. The topological polar surface area (TPSA) is 43.6 Å². The van der Waals surface area contributed by atoms with Crippen molar-refractivity contribution < 1.29 is 0 Å². The van der Waals surface area contributed by atoms with E-state index < -0.39 is 0 Å². The minimum absolute atomic E-state index is 0.388. The number of hydrogen-bond acceptors (Lipinski definition) is 3. The zero-order valence-corrected chi connectivity index (χ0v) is 12.9. The Hall–Kier alpha value is -0.970. The van der Waals surface area contributed by atoms with Crippen molar-refractivity contribution in [3.8, 4) is 0 Å². The second-order valence-electron chi connectivity index (χ2n) is 4.81. The molecule has 0 aliphatic rings. The van der Waals surface area contributed by atoms with Gasteiger partial charge in [0.15, 0.2) is 10.4 Å². The van der Waals surface area contributed by atoms with Crippen molar-refractivity contribution in [3.05, 3.63) is 16.8 Å². The maximum atomic E-state index is 4.69. The van der Waals surface area contributed by atoms with Crippen LogP contribution in [0.5, 0.6) is 0 Å². The van der Waals surface area contributed by atoms with E-state index in [1.165, 1.54) is 0 Å². The number of rotatable bonds is 4. The highest BCUT2D eigenvalue weighted by molar-refractivity contribution is 9.10. The Morgan fingerprint density at radius 2 is 1.89 bits per heavy atom. The van der Waals surface area contributed by atoms with Crippen molar-refractivity contribution in [2.75, 3.05) is 0 Å². The van der Waals surface area contributed by atoms with E-state index in [0.717, 1.165) is 29.8 Å². The lowest BCUT2D eigenvalue weighted by molar-refractivity contribution is 0.456. The number of fused-ring (bicyclic) bond motifs is 1. The van der Waals surface area contributed by atoms with Crippen LogP contribution in [0, 0.1) is 0 Å². The van der Waals surface area contributed by atoms with Crippen LogP contribution in [-0.2, 0) is 0 Å². The zero-order valence-electron chi connectivity index (χ0n) is 11.3. The number of nitrogens with zero attached hydrogens (tertiary/aromatic N) is 4. The number of halogens is 1. The van der Waals surface area contributed by atoms with E-state index in [9.17, 15) is 0 Å². The Labute approximate surface area is 116 Å². The second kappa shape index (κ2) is 5.34. The summed E-state index contributed by atoms with van der Waals surface area (Å²) in [7, 11) is 0. The molecule has 0 aromatic carbocycles. The fraction of sp³-hybridized carbons (Fsp3) is 0.615. The number of imidazole rings is 1. The molecule has 2 heterocycles. The maximum Gasteiger partial charge on any atom is 0.198 e. The molecule has 0 saturated heterocycles. The predicted molar refractivity (Wildman–Crippen MR) is 76.7 cm³/mol. The number of aromatic nitrogens is 4. The fourth-order valence-electron chi connectivity index (χ4n) is 2.31. The van der Waals surface area contributed by atoms with Gasteiger partial charge in [0, 0.05) is 12.0 Å². The fourth-order valence-corrected chi connectivity index (χ4v) is 2.58. The van der Waals surface area contributed by atoms with Gasteiger partial charge in [-0.25, -0.2) is 15.0 Å². The largest absolute Gasteiger partial charge is 0.309 e. The molecule has 4 nitrogen and oxygen atoms in total. The van der Waals surface area contributed by atoms with Crippen LogP contribution in [0.2, 0.25) is 0 Å².